The van der Waals surface area contributed by atoms with Crippen LogP contribution < -0.4 is 4.87 Å². The van der Waals surface area contributed by atoms with Gasteiger partial charge in [0, 0.05) is 16.5 Å². The molecule has 0 atom stereocenters. The first-order valence-corrected chi connectivity index (χ1v) is 9.85. The largest absolute Gasteiger partial charge is 0.493 e. The highest BCUT2D eigenvalue weighted by molar-refractivity contribution is 7.10. The van der Waals surface area contributed by atoms with Crippen LogP contribution in [0.5, 0.6) is 5.88 Å². The first-order chi connectivity index (χ1) is 14.2. The van der Waals surface area contributed by atoms with Gasteiger partial charge in [0.1, 0.15) is 5.71 Å². The number of allylic oxidation sites excluding steroid dienone is 1. The Bertz CT molecular complexity index is 1370. The maximum absolute atomic E-state index is 12.8. The van der Waals surface area contributed by atoms with Gasteiger partial charge in [0.15, 0.2) is 0 Å². The average molecular weight is 397 g/mol. The molecule has 5 nitrogen and oxygen atoms in total. The van der Waals surface area contributed by atoms with E-state index in [2.05, 4.69) is 10.2 Å². The molecule has 4 aromatic rings. The normalized spacial score (nSPS) is 14.6. The van der Waals surface area contributed by atoms with Gasteiger partial charge >= 0.3 is 4.87 Å². The first kappa shape index (κ1) is 17.3. The summed E-state index contributed by atoms with van der Waals surface area (Å²) in [5, 5.41) is 21.0. The van der Waals surface area contributed by atoms with Crippen LogP contribution >= 0.6 is 11.3 Å². The summed E-state index contributed by atoms with van der Waals surface area (Å²) in [6.45, 7) is 0. The van der Waals surface area contributed by atoms with Crippen molar-refractivity contribution in [2.45, 2.75) is 0 Å². The van der Waals surface area contributed by atoms with E-state index < -0.39 is 0 Å². The maximum atomic E-state index is 12.8. The topological polar surface area (TPSA) is 66.9 Å². The molecule has 5 rings (SSSR count). The SMILES string of the molecule is O=c1sc(/C=C2/C=NN=C2c2ccccc2)c(O)n1-c1cccc2ccccc12. The van der Waals surface area contributed by atoms with Crippen molar-refractivity contribution >= 4 is 40.1 Å². The summed E-state index contributed by atoms with van der Waals surface area (Å²) < 4.78 is 1.35. The van der Waals surface area contributed by atoms with Crippen LogP contribution in [-0.4, -0.2) is 21.6 Å². The van der Waals surface area contributed by atoms with Gasteiger partial charge in [-0.1, -0.05) is 78.1 Å². The zero-order valence-electron chi connectivity index (χ0n) is 15.2. The predicted octanol–water partition coefficient (Wildman–Crippen LogP) is 4.63. The molecule has 0 fully saturated rings. The van der Waals surface area contributed by atoms with Crippen LogP contribution in [-0.2, 0) is 0 Å². The minimum atomic E-state index is -0.251. The molecular weight excluding hydrogens is 382 g/mol. The van der Waals surface area contributed by atoms with Gasteiger partial charge < -0.3 is 5.11 Å². The Morgan fingerprint density at radius 3 is 2.55 bits per heavy atom. The van der Waals surface area contributed by atoms with E-state index in [4.69, 9.17) is 0 Å². The zero-order chi connectivity index (χ0) is 19.8. The number of aromatic nitrogens is 1. The summed E-state index contributed by atoms with van der Waals surface area (Å²) in [5.74, 6) is -0.0865. The summed E-state index contributed by atoms with van der Waals surface area (Å²) in [6.07, 6.45) is 3.39. The molecule has 2 heterocycles. The van der Waals surface area contributed by atoms with Crippen LogP contribution in [0.1, 0.15) is 10.4 Å². The molecule has 140 valence electrons. The molecule has 1 N–H and O–H groups in total. The Kier molecular flexibility index (Phi) is 4.18. The second-order valence-corrected chi connectivity index (χ2v) is 7.54. The second-order valence-electron chi connectivity index (χ2n) is 6.55. The van der Waals surface area contributed by atoms with Gasteiger partial charge in [-0.25, -0.2) is 4.57 Å². The van der Waals surface area contributed by atoms with E-state index in [0.29, 0.717) is 16.3 Å². The molecule has 0 saturated carbocycles. The molecule has 0 amide bonds. The number of thiazole rings is 1. The molecule has 0 saturated heterocycles. The third-order valence-electron chi connectivity index (χ3n) is 4.78. The molecular formula is C23H15N3O2S. The Hall–Kier alpha value is -3.77. The Labute approximate surface area is 170 Å². The molecule has 0 unspecified atom stereocenters. The van der Waals surface area contributed by atoms with Gasteiger partial charge in [0.2, 0.25) is 5.88 Å². The zero-order valence-corrected chi connectivity index (χ0v) is 16.0. The van der Waals surface area contributed by atoms with Gasteiger partial charge in [-0.05, 0) is 17.5 Å². The Morgan fingerprint density at radius 1 is 0.931 bits per heavy atom. The summed E-state index contributed by atoms with van der Waals surface area (Å²) in [6, 6.07) is 23.2. The lowest BCUT2D eigenvalue weighted by Gasteiger charge is -2.08. The highest BCUT2D eigenvalue weighted by atomic mass is 32.1. The third-order valence-corrected chi connectivity index (χ3v) is 5.66. The Balaban J connectivity index is 1.63. The van der Waals surface area contributed by atoms with Gasteiger partial charge in [-0.3, -0.25) is 4.79 Å². The van der Waals surface area contributed by atoms with Crippen molar-refractivity contribution in [1.29, 1.82) is 0 Å². The minimum absolute atomic E-state index is 0.0865. The number of nitrogens with zero attached hydrogens (tertiary/aromatic N) is 3. The molecule has 6 heteroatoms. The maximum Gasteiger partial charge on any atom is 0.315 e. The molecule has 3 aromatic carbocycles. The lowest BCUT2D eigenvalue weighted by molar-refractivity contribution is 0.440. The molecule has 0 aliphatic carbocycles. The van der Waals surface area contributed by atoms with E-state index in [1.165, 1.54) is 4.57 Å². The Morgan fingerprint density at radius 2 is 1.69 bits per heavy atom. The van der Waals surface area contributed by atoms with Crippen LogP contribution in [0, 0.1) is 0 Å². The number of aromatic hydroxyl groups is 1. The van der Waals surface area contributed by atoms with Crippen molar-refractivity contribution in [3.8, 4) is 11.6 Å². The monoisotopic (exact) mass is 397 g/mol. The van der Waals surface area contributed by atoms with Crippen molar-refractivity contribution in [3.63, 3.8) is 0 Å². The number of rotatable bonds is 3. The lowest BCUT2D eigenvalue weighted by atomic mass is 10.0. The average Bonchev–Trinajstić information content (AvgIpc) is 3.33. The van der Waals surface area contributed by atoms with Crippen LogP contribution in [0.3, 0.4) is 0 Å². The molecule has 1 aromatic heterocycles. The minimum Gasteiger partial charge on any atom is -0.493 e. The van der Waals surface area contributed by atoms with Crippen LogP contribution in [0.4, 0.5) is 0 Å². The van der Waals surface area contributed by atoms with Crippen molar-refractivity contribution in [2.24, 2.45) is 10.2 Å². The smallest absolute Gasteiger partial charge is 0.315 e. The molecule has 1 aliphatic heterocycles. The van der Waals surface area contributed by atoms with Gasteiger partial charge in [-0.2, -0.15) is 5.10 Å². The predicted molar refractivity (Wildman–Crippen MR) is 119 cm³/mol. The number of hydrogen-bond donors (Lipinski definition) is 1. The van der Waals surface area contributed by atoms with Gasteiger partial charge in [0.25, 0.3) is 0 Å². The lowest BCUT2D eigenvalue weighted by Crippen LogP contribution is -2.10. The van der Waals surface area contributed by atoms with E-state index in [1.807, 2.05) is 72.8 Å². The van der Waals surface area contributed by atoms with Crippen molar-refractivity contribution in [2.75, 3.05) is 0 Å². The molecule has 0 spiro atoms. The third kappa shape index (κ3) is 2.99. The summed E-state index contributed by atoms with van der Waals surface area (Å²) in [5.41, 5.74) is 3.04. The number of hydrogen-bond acceptors (Lipinski definition) is 5. The van der Waals surface area contributed by atoms with E-state index in [9.17, 15) is 9.90 Å². The number of fused-ring (bicyclic) bond motifs is 1. The first-order valence-electron chi connectivity index (χ1n) is 9.04. The fourth-order valence-electron chi connectivity index (χ4n) is 3.43. The van der Waals surface area contributed by atoms with Crippen LogP contribution in [0.25, 0.3) is 22.5 Å². The van der Waals surface area contributed by atoms with E-state index in [-0.39, 0.29) is 10.8 Å². The standard InChI is InChI=1S/C23H15N3O2S/c27-22-20(13-17-14-24-25-21(17)16-8-2-1-3-9-16)29-23(28)26(22)19-12-6-10-15-7-4-5-11-18(15)19/h1-14,27H/b17-13-. The fraction of sp³-hybridized carbons (Fsp3) is 0. The summed E-state index contributed by atoms with van der Waals surface area (Å²) in [4.78, 5) is 13.0. The second kappa shape index (κ2) is 7.00. The van der Waals surface area contributed by atoms with Crippen molar-refractivity contribution in [3.05, 3.63) is 98.5 Å². The molecule has 0 radical (unpaired) electrons. The summed E-state index contributed by atoms with van der Waals surface area (Å²) >= 11 is 0.993. The fourth-order valence-corrected chi connectivity index (χ4v) is 4.26. The van der Waals surface area contributed by atoms with Crippen LogP contribution in [0.15, 0.2) is 93.4 Å². The van der Waals surface area contributed by atoms with Crippen molar-refractivity contribution in [1.82, 2.24) is 4.57 Å². The van der Waals surface area contributed by atoms with E-state index in [0.717, 1.165) is 33.2 Å². The quantitative estimate of drug-likeness (QED) is 0.548. The van der Waals surface area contributed by atoms with Crippen LogP contribution in [0.2, 0.25) is 0 Å². The molecule has 0 bridgehead atoms. The number of benzene rings is 3. The van der Waals surface area contributed by atoms with Gasteiger partial charge in [0.05, 0.1) is 16.8 Å². The summed E-state index contributed by atoms with van der Waals surface area (Å²) in [7, 11) is 0. The molecule has 1 aliphatic rings. The van der Waals surface area contributed by atoms with E-state index in [1.54, 1.807) is 12.3 Å². The highest BCUT2D eigenvalue weighted by Crippen LogP contribution is 2.30. The van der Waals surface area contributed by atoms with Crippen molar-refractivity contribution < 1.29 is 5.11 Å². The van der Waals surface area contributed by atoms with E-state index >= 15 is 0 Å². The highest BCUT2D eigenvalue weighted by Gasteiger charge is 2.19. The molecule has 29 heavy (non-hydrogen) atoms. The van der Waals surface area contributed by atoms with Gasteiger partial charge in [-0.15, -0.1) is 5.10 Å².